The van der Waals surface area contributed by atoms with Crippen LogP contribution in [0.15, 0.2) is 73.2 Å². The molecule has 0 spiro atoms. The molecule has 0 radical (unpaired) electrons. The average molecular weight is 304 g/mol. The van der Waals surface area contributed by atoms with E-state index in [-0.39, 0.29) is 11.9 Å². The molecule has 0 saturated carbocycles. The lowest BCUT2D eigenvalue weighted by Gasteiger charge is -2.17. The second-order valence-electron chi connectivity index (χ2n) is 5.02. The normalized spacial score (nSPS) is 11.7. The van der Waals surface area contributed by atoms with Gasteiger partial charge in [0.1, 0.15) is 5.69 Å². The molecule has 3 rings (SSSR count). The van der Waals surface area contributed by atoms with Crippen molar-refractivity contribution in [3.8, 4) is 0 Å². The highest BCUT2D eigenvalue weighted by atomic mass is 16.1. The number of amides is 1. The smallest absolute Gasteiger partial charge is 0.270 e. The van der Waals surface area contributed by atoms with Crippen LogP contribution < -0.4 is 5.32 Å². The summed E-state index contributed by atoms with van der Waals surface area (Å²) in [6.45, 7) is 0. The summed E-state index contributed by atoms with van der Waals surface area (Å²) in [7, 11) is 0. The summed E-state index contributed by atoms with van der Waals surface area (Å²) >= 11 is 0. The van der Waals surface area contributed by atoms with Gasteiger partial charge in [-0.3, -0.25) is 19.7 Å². The topological polar surface area (TPSA) is 67.8 Å². The first-order chi connectivity index (χ1) is 11.3. The van der Waals surface area contributed by atoms with Crippen LogP contribution in [0.1, 0.15) is 27.9 Å². The maximum atomic E-state index is 12.4. The lowest BCUT2D eigenvalue weighted by Crippen LogP contribution is -2.31. The number of nitrogens with zero attached hydrogens (tertiary/aromatic N) is 3. The first-order valence-electron chi connectivity index (χ1n) is 7.35. The molecule has 114 valence electrons. The molecule has 0 unspecified atom stereocenters. The molecule has 1 atom stereocenters. The SMILES string of the molecule is O=C(N[C@H](Cc1ccccn1)c1ccccn1)c1ccccn1. The largest absolute Gasteiger partial charge is 0.342 e. The van der Waals surface area contributed by atoms with E-state index >= 15 is 0 Å². The van der Waals surface area contributed by atoms with Crippen molar-refractivity contribution in [2.24, 2.45) is 0 Å². The molecular weight excluding hydrogens is 288 g/mol. The van der Waals surface area contributed by atoms with Gasteiger partial charge in [0.05, 0.1) is 11.7 Å². The minimum absolute atomic E-state index is 0.225. The molecule has 0 aromatic carbocycles. The summed E-state index contributed by atoms with van der Waals surface area (Å²) in [5.74, 6) is -0.225. The minimum atomic E-state index is -0.263. The molecule has 0 fully saturated rings. The highest BCUT2D eigenvalue weighted by Gasteiger charge is 2.18. The van der Waals surface area contributed by atoms with Crippen LogP contribution in [0.3, 0.4) is 0 Å². The Kier molecular flexibility index (Phi) is 4.69. The number of pyridine rings is 3. The highest BCUT2D eigenvalue weighted by Crippen LogP contribution is 2.15. The van der Waals surface area contributed by atoms with Crippen molar-refractivity contribution in [2.75, 3.05) is 0 Å². The lowest BCUT2D eigenvalue weighted by atomic mass is 10.1. The molecule has 3 heterocycles. The van der Waals surface area contributed by atoms with Gasteiger partial charge in [0, 0.05) is 30.7 Å². The van der Waals surface area contributed by atoms with Crippen LogP contribution in [0, 0.1) is 0 Å². The maximum absolute atomic E-state index is 12.4. The van der Waals surface area contributed by atoms with Gasteiger partial charge in [-0.1, -0.05) is 18.2 Å². The molecule has 5 heteroatoms. The van der Waals surface area contributed by atoms with Crippen LogP contribution >= 0.6 is 0 Å². The number of hydrogen-bond acceptors (Lipinski definition) is 4. The summed E-state index contributed by atoms with van der Waals surface area (Å²) in [4.78, 5) is 25.2. The minimum Gasteiger partial charge on any atom is -0.342 e. The molecule has 0 aliphatic carbocycles. The van der Waals surface area contributed by atoms with Crippen LogP contribution in [-0.2, 0) is 6.42 Å². The summed E-state index contributed by atoms with van der Waals surface area (Å²) in [6, 6.07) is 16.4. The maximum Gasteiger partial charge on any atom is 0.270 e. The van der Waals surface area contributed by atoms with E-state index in [1.165, 1.54) is 0 Å². The molecule has 0 saturated heterocycles. The molecule has 23 heavy (non-hydrogen) atoms. The van der Waals surface area contributed by atoms with Crippen molar-refractivity contribution < 1.29 is 4.79 Å². The van der Waals surface area contributed by atoms with E-state index in [2.05, 4.69) is 20.3 Å². The van der Waals surface area contributed by atoms with Crippen LogP contribution in [0.25, 0.3) is 0 Å². The van der Waals surface area contributed by atoms with Crippen LogP contribution in [-0.4, -0.2) is 20.9 Å². The fraction of sp³-hybridized carbons (Fsp3) is 0.111. The number of nitrogens with one attached hydrogen (secondary N) is 1. The van der Waals surface area contributed by atoms with Crippen molar-refractivity contribution in [3.05, 3.63) is 90.3 Å². The average Bonchev–Trinajstić information content (AvgIpc) is 2.63. The second kappa shape index (κ2) is 7.26. The molecular formula is C18H16N4O. The fourth-order valence-corrected chi connectivity index (χ4v) is 2.27. The Bertz CT molecular complexity index is 748. The highest BCUT2D eigenvalue weighted by molar-refractivity contribution is 5.92. The Morgan fingerprint density at radius 1 is 0.870 bits per heavy atom. The zero-order valence-corrected chi connectivity index (χ0v) is 12.5. The van der Waals surface area contributed by atoms with E-state index in [9.17, 15) is 4.79 Å². The molecule has 3 aromatic heterocycles. The van der Waals surface area contributed by atoms with Gasteiger partial charge in [0.2, 0.25) is 0 Å². The Hall–Kier alpha value is -3.08. The summed E-state index contributed by atoms with van der Waals surface area (Å²) in [5, 5.41) is 2.99. The first kappa shape index (κ1) is 14.8. The van der Waals surface area contributed by atoms with Crippen LogP contribution in [0.2, 0.25) is 0 Å². The Labute approximate surface area is 134 Å². The van der Waals surface area contributed by atoms with Crippen LogP contribution in [0.5, 0.6) is 0 Å². The van der Waals surface area contributed by atoms with Crippen molar-refractivity contribution >= 4 is 5.91 Å². The number of carbonyl (C=O) groups excluding carboxylic acids is 1. The van der Waals surface area contributed by atoms with Crippen molar-refractivity contribution in [1.82, 2.24) is 20.3 Å². The number of aromatic nitrogens is 3. The van der Waals surface area contributed by atoms with E-state index in [0.29, 0.717) is 12.1 Å². The lowest BCUT2D eigenvalue weighted by molar-refractivity contribution is 0.0930. The van der Waals surface area contributed by atoms with E-state index in [1.54, 1.807) is 36.8 Å². The van der Waals surface area contributed by atoms with Gasteiger partial charge in [0.25, 0.3) is 5.91 Å². The van der Waals surface area contributed by atoms with E-state index in [1.807, 2.05) is 36.4 Å². The second-order valence-corrected chi connectivity index (χ2v) is 5.02. The third-order valence-electron chi connectivity index (χ3n) is 3.39. The monoisotopic (exact) mass is 304 g/mol. The Morgan fingerprint density at radius 2 is 1.57 bits per heavy atom. The van der Waals surface area contributed by atoms with E-state index in [4.69, 9.17) is 0 Å². The predicted molar refractivity (Wildman–Crippen MR) is 86.6 cm³/mol. The molecule has 0 bridgehead atoms. The number of carbonyl (C=O) groups is 1. The van der Waals surface area contributed by atoms with Gasteiger partial charge in [-0.15, -0.1) is 0 Å². The number of rotatable bonds is 5. The summed E-state index contributed by atoms with van der Waals surface area (Å²) in [5.41, 5.74) is 2.07. The van der Waals surface area contributed by atoms with Gasteiger partial charge >= 0.3 is 0 Å². The third-order valence-corrected chi connectivity index (χ3v) is 3.39. The van der Waals surface area contributed by atoms with Gasteiger partial charge < -0.3 is 5.32 Å². The van der Waals surface area contributed by atoms with Gasteiger partial charge in [-0.2, -0.15) is 0 Å². The quantitative estimate of drug-likeness (QED) is 0.786. The van der Waals surface area contributed by atoms with Crippen molar-refractivity contribution in [3.63, 3.8) is 0 Å². The standard InChI is InChI=1S/C18H16N4O/c23-18(16-9-3-6-12-21-16)22-17(15-8-2-5-11-20-15)13-14-7-1-4-10-19-14/h1-12,17H,13H2,(H,22,23)/t17-/m1/s1. The summed E-state index contributed by atoms with van der Waals surface area (Å²) in [6.07, 6.45) is 5.62. The van der Waals surface area contributed by atoms with Crippen LogP contribution in [0.4, 0.5) is 0 Å². The van der Waals surface area contributed by atoms with Crippen molar-refractivity contribution in [1.29, 1.82) is 0 Å². The zero-order chi connectivity index (χ0) is 15.9. The molecule has 3 aromatic rings. The molecule has 0 aliphatic heterocycles. The third kappa shape index (κ3) is 3.97. The van der Waals surface area contributed by atoms with E-state index in [0.717, 1.165) is 11.4 Å². The molecule has 1 N–H and O–H groups in total. The number of hydrogen-bond donors (Lipinski definition) is 1. The molecule has 1 amide bonds. The Balaban J connectivity index is 1.82. The molecule has 5 nitrogen and oxygen atoms in total. The van der Waals surface area contributed by atoms with Gasteiger partial charge in [0.15, 0.2) is 0 Å². The first-order valence-corrected chi connectivity index (χ1v) is 7.35. The van der Waals surface area contributed by atoms with Gasteiger partial charge in [-0.25, -0.2) is 0 Å². The van der Waals surface area contributed by atoms with Gasteiger partial charge in [-0.05, 0) is 36.4 Å². The van der Waals surface area contributed by atoms with E-state index < -0.39 is 0 Å². The predicted octanol–water partition coefficient (Wildman–Crippen LogP) is 2.59. The Morgan fingerprint density at radius 3 is 2.17 bits per heavy atom. The fourth-order valence-electron chi connectivity index (χ4n) is 2.27. The zero-order valence-electron chi connectivity index (χ0n) is 12.5. The summed E-state index contributed by atoms with van der Waals surface area (Å²) < 4.78 is 0. The molecule has 0 aliphatic rings. The van der Waals surface area contributed by atoms with Crippen molar-refractivity contribution in [2.45, 2.75) is 12.5 Å².